The van der Waals surface area contributed by atoms with Crippen LogP contribution in [-0.4, -0.2) is 49.7 Å². The number of aryl methyl sites for hydroxylation is 1. The first-order valence-electron chi connectivity index (χ1n) is 6.62. The predicted molar refractivity (Wildman–Crippen MR) is 73.2 cm³/mol. The second kappa shape index (κ2) is 6.52. The minimum Gasteiger partial charge on any atom is -0.467 e. The maximum absolute atomic E-state index is 12.3. The topological polar surface area (TPSA) is 55.8 Å². The maximum Gasteiger partial charge on any atom is 0.331 e. The standard InChI is InChI=1S/C15H19NO4/c1-11-3-5-12(6-4-11)9-14(17)16-7-8-20-10-13(16)15(18)19-2/h3-6,13H,7-10H2,1-2H3. The van der Waals surface area contributed by atoms with Crippen LogP contribution in [0.3, 0.4) is 0 Å². The molecule has 1 atom stereocenters. The van der Waals surface area contributed by atoms with Crippen molar-refractivity contribution >= 4 is 11.9 Å². The normalized spacial score (nSPS) is 18.7. The molecule has 1 saturated heterocycles. The van der Waals surface area contributed by atoms with Gasteiger partial charge in [0.15, 0.2) is 6.04 Å². The van der Waals surface area contributed by atoms with Crippen LogP contribution in [0.2, 0.25) is 0 Å². The summed E-state index contributed by atoms with van der Waals surface area (Å²) in [5.41, 5.74) is 2.09. The number of hydrogen-bond acceptors (Lipinski definition) is 4. The van der Waals surface area contributed by atoms with Gasteiger partial charge in [-0.1, -0.05) is 29.8 Å². The molecule has 108 valence electrons. The van der Waals surface area contributed by atoms with Gasteiger partial charge in [-0.05, 0) is 12.5 Å². The fraction of sp³-hybridized carbons (Fsp3) is 0.467. The van der Waals surface area contributed by atoms with E-state index in [0.29, 0.717) is 13.2 Å². The molecule has 1 aliphatic rings. The molecule has 1 amide bonds. The van der Waals surface area contributed by atoms with Gasteiger partial charge in [-0.3, -0.25) is 4.79 Å². The Bertz CT molecular complexity index is 483. The van der Waals surface area contributed by atoms with E-state index in [4.69, 9.17) is 9.47 Å². The Balaban J connectivity index is 2.05. The summed E-state index contributed by atoms with van der Waals surface area (Å²) in [5.74, 6) is -0.505. The number of benzene rings is 1. The van der Waals surface area contributed by atoms with Crippen molar-refractivity contribution < 1.29 is 19.1 Å². The van der Waals surface area contributed by atoms with E-state index in [2.05, 4.69) is 0 Å². The predicted octanol–water partition coefficient (Wildman–Crippen LogP) is 0.938. The van der Waals surface area contributed by atoms with Gasteiger partial charge in [0.05, 0.1) is 26.7 Å². The molecule has 0 aliphatic carbocycles. The lowest BCUT2D eigenvalue weighted by Crippen LogP contribution is -2.53. The summed E-state index contributed by atoms with van der Waals surface area (Å²) >= 11 is 0. The molecule has 5 heteroatoms. The third-order valence-corrected chi connectivity index (χ3v) is 3.40. The average Bonchev–Trinajstić information content (AvgIpc) is 2.48. The molecule has 0 N–H and O–H groups in total. The Kier molecular flexibility index (Phi) is 4.74. The summed E-state index contributed by atoms with van der Waals surface area (Å²) in [7, 11) is 1.32. The molecule has 1 fully saturated rings. The lowest BCUT2D eigenvalue weighted by molar-refractivity contribution is -0.160. The fourth-order valence-corrected chi connectivity index (χ4v) is 2.22. The molecule has 1 heterocycles. The SMILES string of the molecule is COC(=O)C1COCCN1C(=O)Cc1ccc(C)cc1. The van der Waals surface area contributed by atoms with Gasteiger partial charge >= 0.3 is 5.97 Å². The van der Waals surface area contributed by atoms with E-state index in [1.165, 1.54) is 7.11 Å². The number of rotatable bonds is 3. The molecule has 1 unspecified atom stereocenters. The lowest BCUT2D eigenvalue weighted by atomic mass is 10.1. The highest BCUT2D eigenvalue weighted by atomic mass is 16.5. The monoisotopic (exact) mass is 277 g/mol. The van der Waals surface area contributed by atoms with Gasteiger partial charge in [-0.25, -0.2) is 4.79 Å². The van der Waals surface area contributed by atoms with Crippen LogP contribution >= 0.6 is 0 Å². The number of morpholine rings is 1. The lowest BCUT2D eigenvalue weighted by Gasteiger charge is -2.33. The zero-order chi connectivity index (χ0) is 14.5. The van der Waals surface area contributed by atoms with Gasteiger partial charge in [0.2, 0.25) is 5.91 Å². The van der Waals surface area contributed by atoms with Crippen LogP contribution in [0, 0.1) is 6.92 Å². The average molecular weight is 277 g/mol. The Hall–Kier alpha value is -1.88. The Morgan fingerprint density at radius 2 is 2.05 bits per heavy atom. The molecular weight excluding hydrogens is 258 g/mol. The highest BCUT2D eigenvalue weighted by Gasteiger charge is 2.33. The zero-order valence-corrected chi connectivity index (χ0v) is 11.8. The minimum atomic E-state index is -0.633. The van der Waals surface area contributed by atoms with Crippen molar-refractivity contribution in [1.82, 2.24) is 4.90 Å². The van der Waals surface area contributed by atoms with Crippen LogP contribution < -0.4 is 0 Å². The quantitative estimate of drug-likeness (QED) is 0.772. The number of methoxy groups -OCH3 is 1. The zero-order valence-electron chi connectivity index (χ0n) is 11.8. The van der Waals surface area contributed by atoms with E-state index in [9.17, 15) is 9.59 Å². The molecule has 20 heavy (non-hydrogen) atoms. The van der Waals surface area contributed by atoms with Crippen LogP contribution in [0.1, 0.15) is 11.1 Å². The van der Waals surface area contributed by atoms with Crippen molar-refractivity contribution in [3.8, 4) is 0 Å². The number of amides is 1. The summed E-state index contributed by atoms with van der Waals surface area (Å²) in [6.45, 7) is 3.07. The van der Waals surface area contributed by atoms with Gasteiger partial charge < -0.3 is 14.4 Å². The molecule has 0 bridgehead atoms. The van der Waals surface area contributed by atoms with Crippen LogP contribution in [0.15, 0.2) is 24.3 Å². The van der Waals surface area contributed by atoms with Crippen molar-refractivity contribution in [2.45, 2.75) is 19.4 Å². The Morgan fingerprint density at radius 3 is 2.70 bits per heavy atom. The number of nitrogens with zero attached hydrogens (tertiary/aromatic N) is 1. The number of carbonyl (C=O) groups is 2. The molecule has 1 aromatic rings. The maximum atomic E-state index is 12.3. The van der Waals surface area contributed by atoms with Crippen molar-refractivity contribution in [3.63, 3.8) is 0 Å². The number of esters is 1. The number of hydrogen-bond donors (Lipinski definition) is 0. The summed E-state index contributed by atoms with van der Waals surface area (Å²) in [5, 5.41) is 0. The van der Waals surface area contributed by atoms with Crippen LogP contribution in [0.4, 0.5) is 0 Å². The third kappa shape index (κ3) is 3.36. The molecule has 0 saturated carbocycles. The number of ether oxygens (including phenoxy) is 2. The molecule has 2 rings (SSSR count). The summed E-state index contributed by atoms with van der Waals surface area (Å²) in [6.07, 6.45) is 0.285. The molecule has 0 aromatic heterocycles. The van der Waals surface area contributed by atoms with Gasteiger partial charge in [0, 0.05) is 6.54 Å². The highest BCUT2D eigenvalue weighted by molar-refractivity contribution is 5.86. The van der Waals surface area contributed by atoms with Gasteiger partial charge in [-0.15, -0.1) is 0 Å². The molecule has 0 spiro atoms. The summed E-state index contributed by atoms with van der Waals surface area (Å²) in [4.78, 5) is 25.6. The Labute approximate surface area is 118 Å². The Morgan fingerprint density at radius 1 is 1.35 bits per heavy atom. The minimum absolute atomic E-state index is 0.0763. The molecule has 1 aliphatic heterocycles. The van der Waals surface area contributed by atoms with Gasteiger partial charge in [0.1, 0.15) is 0 Å². The first-order valence-corrected chi connectivity index (χ1v) is 6.62. The second-order valence-electron chi connectivity index (χ2n) is 4.86. The summed E-state index contributed by atoms with van der Waals surface area (Å²) < 4.78 is 9.98. The van der Waals surface area contributed by atoms with Gasteiger partial charge in [-0.2, -0.15) is 0 Å². The van der Waals surface area contributed by atoms with Crippen LogP contribution in [-0.2, 0) is 25.5 Å². The van der Waals surface area contributed by atoms with Crippen LogP contribution in [0.5, 0.6) is 0 Å². The molecule has 0 radical (unpaired) electrons. The highest BCUT2D eigenvalue weighted by Crippen LogP contribution is 2.12. The van der Waals surface area contributed by atoms with Crippen molar-refractivity contribution in [3.05, 3.63) is 35.4 Å². The van der Waals surface area contributed by atoms with Crippen molar-refractivity contribution in [1.29, 1.82) is 0 Å². The second-order valence-corrected chi connectivity index (χ2v) is 4.86. The fourth-order valence-electron chi connectivity index (χ4n) is 2.22. The van der Waals surface area contributed by atoms with Crippen molar-refractivity contribution in [2.24, 2.45) is 0 Å². The summed E-state index contributed by atoms with van der Waals surface area (Å²) in [6, 6.07) is 7.17. The number of carbonyl (C=O) groups excluding carboxylic acids is 2. The van der Waals surface area contributed by atoms with Crippen LogP contribution in [0.25, 0.3) is 0 Å². The smallest absolute Gasteiger partial charge is 0.331 e. The first kappa shape index (κ1) is 14.5. The van der Waals surface area contributed by atoms with Crippen molar-refractivity contribution in [2.75, 3.05) is 26.9 Å². The van der Waals surface area contributed by atoms with Gasteiger partial charge in [0.25, 0.3) is 0 Å². The van der Waals surface area contributed by atoms with E-state index >= 15 is 0 Å². The van der Waals surface area contributed by atoms with E-state index < -0.39 is 12.0 Å². The van der Waals surface area contributed by atoms with E-state index in [1.54, 1.807) is 4.90 Å². The molecular formula is C15H19NO4. The third-order valence-electron chi connectivity index (χ3n) is 3.40. The van der Waals surface area contributed by atoms with E-state index in [-0.39, 0.29) is 18.9 Å². The largest absolute Gasteiger partial charge is 0.467 e. The first-order chi connectivity index (χ1) is 9.61. The van der Waals surface area contributed by atoms with E-state index in [0.717, 1.165) is 11.1 Å². The van der Waals surface area contributed by atoms with E-state index in [1.807, 2.05) is 31.2 Å². The molecule has 5 nitrogen and oxygen atoms in total. The molecule has 1 aromatic carbocycles.